The monoisotopic (exact) mass is 508 g/mol. The van der Waals surface area contributed by atoms with Gasteiger partial charge in [0.15, 0.2) is 0 Å². The average Bonchev–Trinajstić information content (AvgIpc) is 3.47. The van der Waals surface area contributed by atoms with E-state index >= 15 is 0 Å². The molecule has 0 saturated heterocycles. The number of aromatic nitrogens is 2. The lowest BCUT2D eigenvalue weighted by atomic mass is 10.1. The maximum atomic E-state index is 13.0. The van der Waals surface area contributed by atoms with Crippen LogP contribution in [-0.2, 0) is 6.54 Å². The van der Waals surface area contributed by atoms with Crippen molar-refractivity contribution in [2.75, 3.05) is 25.0 Å². The number of hydrogen-bond acceptors (Lipinski definition) is 5. The standard InChI is InChI=1S/C26H36N8O3/c1-16(2)7-11-34-15-19(14-22(34)26(37)30-9-3-4-23(28)29)32-25(36)21-13-18-12-17(5-6-20(18)33-21)24(35)31-10-8-27/h5-6,12-16,33H,3-4,7-11,27H2,1-2H3,(H3,28,29)(H,30,37)(H,31,35)(H,32,36). The Balaban J connectivity index is 1.74. The lowest BCUT2D eigenvalue weighted by Crippen LogP contribution is -2.28. The molecule has 3 rings (SSSR count). The van der Waals surface area contributed by atoms with Gasteiger partial charge in [-0.05, 0) is 49.1 Å². The van der Waals surface area contributed by atoms with Crippen LogP contribution >= 0.6 is 0 Å². The number of amidine groups is 1. The van der Waals surface area contributed by atoms with Crippen LogP contribution in [0.5, 0.6) is 0 Å². The quantitative estimate of drug-likeness (QED) is 0.106. The lowest BCUT2D eigenvalue weighted by molar-refractivity contribution is 0.0939. The minimum Gasteiger partial charge on any atom is -0.388 e. The number of fused-ring (bicyclic) bond motifs is 1. The van der Waals surface area contributed by atoms with Crippen LogP contribution in [0.4, 0.5) is 5.69 Å². The molecule has 2 aromatic heterocycles. The Hall–Kier alpha value is -4.12. The fraction of sp³-hybridized carbons (Fsp3) is 0.385. The van der Waals surface area contributed by atoms with Gasteiger partial charge in [0.1, 0.15) is 11.4 Å². The molecule has 11 nitrogen and oxygen atoms in total. The van der Waals surface area contributed by atoms with E-state index < -0.39 is 0 Å². The Morgan fingerprint density at radius 2 is 1.81 bits per heavy atom. The summed E-state index contributed by atoms with van der Waals surface area (Å²) in [5, 5.41) is 16.5. The Morgan fingerprint density at radius 3 is 2.51 bits per heavy atom. The Bertz CT molecular complexity index is 1270. The van der Waals surface area contributed by atoms with Crippen LogP contribution in [0.2, 0.25) is 0 Å². The van der Waals surface area contributed by atoms with Gasteiger partial charge >= 0.3 is 0 Å². The summed E-state index contributed by atoms with van der Waals surface area (Å²) in [6.45, 7) is 5.98. The molecule has 3 amide bonds. The summed E-state index contributed by atoms with van der Waals surface area (Å²) in [5.41, 5.74) is 13.3. The van der Waals surface area contributed by atoms with Crippen LogP contribution < -0.4 is 27.4 Å². The van der Waals surface area contributed by atoms with E-state index in [1.54, 1.807) is 36.5 Å². The van der Waals surface area contributed by atoms with E-state index in [1.807, 2.05) is 4.57 Å². The highest BCUT2D eigenvalue weighted by molar-refractivity contribution is 6.07. The SMILES string of the molecule is CC(C)CCn1cc(NC(=O)c2cc3cc(C(=O)NCCN)ccc3[nH]2)cc1C(=O)NCCCC(=N)N. The second-order valence-electron chi connectivity index (χ2n) is 9.36. The number of benzene rings is 1. The Labute approximate surface area is 215 Å². The van der Waals surface area contributed by atoms with Gasteiger partial charge in [-0.15, -0.1) is 0 Å². The third-order valence-corrected chi connectivity index (χ3v) is 5.80. The van der Waals surface area contributed by atoms with Crippen LogP contribution in [0.3, 0.4) is 0 Å². The molecule has 0 fully saturated rings. The molecule has 2 heterocycles. The fourth-order valence-electron chi connectivity index (χ4n) is 3.81. The van der Waals surface area contributed by atoms with Crippen molar-refractivity contribution in [3.05, 3.63) is 53.5 Å². The summed E-state index contributed by atoms with van der Waals surface area (Å²) in [6, 6.07) is 8.48. The number of amides is 3. The zero-order chi connectivity index (χ0) is 26.9. The molecule has 9 N–H and O–H groups in total. The molecule has 0 unspecified atom stereocenters. The number of nitrogens with zero attached hydrogens (tertiary/aromatic N) is 1. The summed E-state index contributed by atoms with van der Waals surface area (Å²) in [6.07, 6.45) is 3.62. The highest BCUT2D eigenvalue weighted by Gasteiger charge is 2.17. The first-order valence-electron chi connectivity index (χ1n) is 12.4. The molecule has 1 aromatic carbocycles. The number of hydrogen-bond donors (Lipinski definition) is 7. The molecule has 3 aromatic rings. The van der Waals surface area contributed by atoms with Crippen molar-refractivity contribution in [1.82, 2.24) is 20.2 Å². The van der Waals surface area contributed by atoms with E-state index in [2.05, 4.69) is 34.8 Å². The normalized spacial score (nSPS) is 11.0. The van der Waals surface area contributed by atoms with Crippen LogP contribution in [0.1, 0.15) is 64.4 Å². The van der Waals surface area contributed by atoms with E-state index in [-0.39, 0.29) is 23.6 Å². The second-order valence-corrected chi connectivity index (χ2v) is 9.36. The van der Waals surface area contributed by atoms with Gasteiger partial charge < -0.3 is 37.0 Å². The summed E-state index contributed by atoms with van der Waals surface area (Å²) >= 11 is 0. The predicted molar refractivity (Wildman–Crippen MR) is 145 cm³/mol. The number of aryl methyl sites for hydroxylation is 1. The topological polar surface area (TPSA) is 184 Å². The molecule has 0 spiro atoms. The second kappa shape index (κ2) is 12.7. The maximum absolute atomic E-state index is 13.0. The highest BCUT2D eigenvalue weighted by Crippen LogP contribution is 2.20. The van der Waals surface area contributed by atoms with Crippen molar-refractivity contribution in [2.24, 2.45) is 17.4 Å². The zero-order valence-electron chi connectivity index (χ0n) is 21.3. The van der Waals surface area contributed by atoms with E-state index in [9.17, 15) is 14.4 Å². The number of carbonyl (C=O) groups excluding carboxylic acids is 3. The van der Waals surface area contributed by atoms with Gasteiger partial charge in [0, 0.05) is 55.3 Å². The van der Waals surface area contributed by atoms with Gasteiger partial charge in [0.2, 0.25) is 0 Å². The van der Waals surface area contributed by atoms with Gasteiger partial charge in [-0.25, -0.2) is 0 Å². The zero-order valence-corrected chi connectivity index (χ0v) is 21.3. The fourth-order valence-corrected chi connectivity index (χ4v) is 3.81. The van der Waals surface area contributed by atoms with Crippen molar-refractivity contribution in [1.29, 1.82) is 5.41 Å². The van der Waals surface area contributed by atoms with Crippen LogP contribution in [0.25, 0.3) is 10.9 Å². The summed E-state index contributed by atoms with van der Waals surface area (Å²) in [7, 11) is 0. The van der Waals surface area contributed by atoms with Crippen LogP contribution in [-0.4, -0.2) is 52.7 Å². The third-order valence-electron chi connectivity index (χ3n) is 5.80. The Morgan fingerprint density at radius 1 is 1.05 bits per heavy atom. The lowest BCUT2D eigenvalue weighted by Gasteiger charge is -2.11. The summed E-state index contributed by atoms with van der Waals surface area (Å²) < 4.78 is 1.84. The number of nitrogens with one attached hydrogen (secondary N) is 5. The predicted octanol–water partition coefficient (Wildman–Crippen LogP) is 2.40. The number of nitrogens with two attached hydrogens (primary N) is 2. The van der Waals surface area contributed by atoms with Gasteiger partial charge in [0.05, 0.1) is 11.5 Å². The first-order chi connectivity index (χ1) is 17.7. The van der Waals surface area contributed by atoms with E-state index in [4.69, 9.17) is 16.9 Å². The minimum absolute atomic E-state index is 0.0858. The van der Waals surface area contributed by atoms with Crippen molar-refractivity contribution >= 4 is 40.1 Å². The van der Waals surface area contributed by atoms with Crippen molar-refractivity contribution in [3.8, 4) is 0 Å². The van der Waals surface area contributed by atoms with Gasteiger partial charge in [-0.3, -0.25) is 19.8 Å². The highest BCUT2D eigenvalue weighted by atomic mass is 16.2. The summed E-state index contributed by atoms with van der Waals surface area (Å²) in [5.74, 6) is -0.309. The van der Waals surface area contributed by atoms with Crippen LogP contribution in [0.15, 0.2) is 36.5 Å². The van der Waals surface area contributed by atoms with E-state index in [0.717, 1.165) is 17.3 Å². The smallest absolute Gasteiger partial charge is 0.272 e. The van der Waals surface area contributed by atoms with E-state index in [0.29, 0.717) is 67.6 Å². The number of anilines is 1. The van der Waals surface area contributed by atoms with Crippen molar-refractivity contribution in [3.63, 3.8) is 0 Å². The molecule has 37 heavy (non-hydrogen) atoms. The van der Waals surface area contributed by atoms with Crippen LogP contribution in [0, 0.1) is 11.3 Å². The first-order valence-corrected chi connectivity index (χ1v) is 12.4. The molecule has 0 aliphatic heterocycles. The molecule has 0 atom stereocenters. The molecule has 0 saturated carbocycles. The molecule has 0 radical (unpaired) electrons. The van der Waals surface area contributed by atoms with E-state index in [1.165, 1.54) is 0 Å². The third kappa shape index (κ3) is 7.68. The van der Waals surface area contributed by atoms with Gasteiger partial charge in [-0.1, -0.05) is 13.8 Å². The number of H-pyrrole nitrogens is 1. The molecular weight excluding hydrogens is 472 g/mol. The molecule has 198 valence electrons. The summed E-state index contributed by atoms with van der Waals surface area (Å²) in [4.78, 5) is 41.1. The molecule has 0 bridgehead atoms. The van der Waals surface area contributed by atoms with Gasteiger partial charge in [-0.2, -0.15) is 0 Å². The number of carbonyl (C=O) groups is 3. The maximum Gasteiger partial charge on any atom is 0.272 e. The van der Waals surface area contributed by atoms with Crippen molar-refractivity contribution < 1.29 is 14.4 Å². The van der Waals surface area contributed by atoms with Crippen molar-refractivity contribution in [2.45, 2.75) is 39.7 Å². The molecule has 11 heteroatoms. The molecular formula is C26H36N8O3. The molecule has 0 aliphatic carbocycles. The molecule has 0 aliphatic rings. The average molecular weight is 509 g/mol. The number of aromatic amines is 1. The first kappa shape index (κ1) is 27.5. The Kier molecular flexibility index (Phi) is 9.45. The largest absolute Gasteiger partial charge is 0.388 e. The number of rotatable bonds is 13. The minimum atomic E-state index is -0.361. The van der Waals surface area contributed by atoms with Gasteiger partial charge in [0.25, 0.3) is 17.7 Å².